The van der Waals surface area contributed by atoms with Crippen LogP contribution in [0.15, 0.2) is 104 Å². The summed E-state index contributed by atoms with van der Waals surface area (Å²) in [5.74, 6) is 0. The Hall–Kier alpha value is -0.0600. The zero-order valence-electron chi connectivity index (χ0n) is 13.4. The van der Waals surface area contributed by atoms with Crippen LogP contribution in [0.5, 0.6) is 0 Å². The number of rotatable bonds is 0. The average molecular weight is 618 g/mol. The van der Waals surface area contributed by atoms with Gasteiger partial charge in [-0.1, -0.05) is 102 Å². The monoisotopic (exact) mass is 614 g/mol. The molecule has 6 heteroatoms. The van der Waals surface area contributed by atoms with Crippen molar-refractivity contribution >= 4 is 74.0 Å². The van der Waals surface area contributed by atoms with E-state index in [4.69, 9.17) is 0 Å². The normalized spacial score (nSPS) is 8.04. The average Bonchev–Trinajstić information content (AvgIpc) is 2.59. The van der Waals surface area contributed by atoms with Gasteiger partial charge in [-0.05, 0) is 36.4 Å². The lowest BCUT2D eigenvalue weighted by Crippen LogP contribution is -1.55. The zero-order valence-corrected chi connectivity index (χ0v) is 21.0. The minimum absolute atomic E-state index is 0. The van der Waals surface area contributed by atoms with Crippen molar-refractivity contribution in [1.29, 1.82) is 0 Å². The Balaban J connectivity index is 0. The highest BCUT2D eigenvalue weighted by Gasteiger charge is 1.75. The maximum atomic E-state index is 10.3. The fourth-order valence-electron chi connectivity index (χ4n) is 1.24. The highest BCUT2D eigenvalue weighted by atomic mass is 79.9. The lowest BCUT2D eigenvalue weighted by molar-refractivity contribution is 0.605. The summed E-state index contributed by atoms with van der Waals surface area (Å²) in [6.45, 7) is 0. The van der Waals surface area contributed by atoms with Crippen LogP contribution in [0.1, 0.15) is 0 Å². The van der Waals surface area contributed by atoms with Gasteiger partial charge < -0.3 is 0 Å². The van der Waals surface area contributed by atoms with Crippen LogP contribution >= 0.6 is 74.0 Å². The van der Waals surface area contributed by atoms with Crippen LogP contribution in [-0.4, -0.2) is 6.42 Å². The van der Waals surface area contributed by atoms with Gasteiger partial charge in [-0.25, -0.2) is 4.39 Å². The maximum absolute atomic E-state index is 10.3. The molecule has 0 heterocycles. The Kier molecular flexibility index (Phi) is 22.0. The fourth-order valence-corrected chi connectivity index (χ4v) is 2.16. The lowest BCUT2D eigenvalue weighted by Gasteiger charge is -1.80. The van der Waals surface area contributed by atoms with E-state index < -0.39 is 0 Å². The van der Waals surface area contributed by atoms with Gasteiger partial charge in [0.15, 0.2) is 0 Å². The fraction of sp³-hybridized carbons (Fsp3) is 0.0526. The molecule has 0 N–H and O–H groups in total. The molecule has 0 nitrogen and oxygen atoms in total. The van der Waals surface area contributed by atoms with Gasteiger partial charge in [0.05, 0.1) is 0 Å². The summed E-state index contributed by atoms with van der Waals surface area (Å²) in [4.78, 5) is 0. The molecule has 0 fully saturated rings. The van der Waals surface area contributed by atoms with Crippen molar-refractivity contribution in [3.63, 3.8) is 0 Å². The van der Waals surface area contributed by atoms with Gasteiger partial charge in [0.25, 0.3) is 0 Å². The van der Waals surface area contributed by atoms with Crippen LogP contribution in [0.2, 0.25) is 0 Å². The molecule has 0 aliphatic carbocycles. The Morgan fingerprint density at radius 2 is 0.720 bits per heavy atom. The highest BCUT2D eigenvalue weighted by molar-refractivity contribution is 9.11. The molecule has 1 unspecified atom stereocenters. The molecule has 0 aliphatic rings. The maximum Gasteiger partial charge on any atom is 0.103 e. The molecular weight excluding hydrogens is 598 g/mol. The van der Waals surface area contributed by atoms with Crippen molar-refractivity contribution in [3.8, 4) is 0 Å². The van der Waals surface area contributed by atoms with Gasteiger partial charge in [0.2, 0.25) is 0 Å². The molecule has 3 rings (SSSR count). The van der Waals surface area contributed by atoms with Gasteiger partial charge in [0, 0.05) is 13.4 Å². The van der Waals surface area contributed by atoms with Gasteiger partial charge in [-0.2, -0.15) is 0 Å². The third kappa shape index (κ3) is 20.1. The highest BCUT2D eigenvalue weighted by Crippen LogP contribution is 2.06. The largest absolute Gasteiger partial charge is 0.247 e. The van der Waals surface area contributed by atoms with Crippen molar-refractivity contribution in [3.05, 3.63) is 104 Å². The van der Waals surface area contributed by atoms with Crippen molar-refractivity contribution < 1.29 is 4.39 Å². The molecule has 0 aliphatic heterocycles. The van der Waals surface area contributed by atoms with E-state index in [0.29, 0.717) is 0 Å². The number of halogens is 5. The third-order valence-corrected chi connectivity index (χ3v) is 3.79. The van der Waals surface area contributed by atoms with Crippen LogP contribution in [-0.2, 0) is 0 Å². The van der Waals surface area contributed by atoms with Crippen LogP contribution in [0.3, 0.4) is 0 Å². The standard InChI is InChI=1S/3C6H5Br.CH4FP.BrH/c3*7-6-4-2-1-3-5-6;2-1-3;/h3*1-5H;1,3H2;1H. The Labute approximate surface area is 188 Å². The molecule has 0 bridgehead atoms. The van der Waals surface area contributed by atoms with E-state index in [1.807, 2.05) is 100 Å². The number of hydrogen-bond acceptors (Lipinski definition) is 0. The van der Waals surface area contributed by atoms with Crippen LogP contribution in [0.25, 0.3) is 0 Å². The zero-order chi connectivity index (χ0) is 18.0. The molecule has 25 heavy (non-hydrogen) atoms. The summed E-state index contributed by atoms with van der Waals surface area (Å²) in [7, 11) is 1.91. The second-order valence-electron chi connectivity index (χ2n) is 4.04. The van der Waals surface area contributed by atoms with Gasteiger partial charge >= 0.3 is 0 Å². The van der Waals surface area contributed by atoms with E-state index in [1.54, 1.807) is 0 Å². The molecule has 0 saturated heterocycles. The first kappa shape index (κ1) is 27.2. The molecule has 0 radical (unpaired) electrons. The number of hydrogen-bond donors (Lipinski definition) is 0. The van der Waals surface area contributed by atoms with E-state index in [2.05, 4.69) is 47.8 Å². The predicted molar refractivity (Wildman–Crippen MR) is 128 cm³/mol. The van der Waals surface area contributed by atoms with Crippen molar-refractivity contribution in [2.75, 3.05) is 6.42 Å². The minimum Gasteiger partial charge on any atom is -0.247 e. The van der Waals surface area contributed by atoms with E-state index >= 15 is 0 Å². The molecule has 0 aromatic heterocycles. The first-order valence-electron chi connectivity index (χ1n) is 6.97. The topological polar surface area (TPSA) is 0 Å². The van der Waals surface area contributed by atoms with Gasteiger partial charge in [-0.3, -0.25) is 0 Å². The van der Waals surface area contributed by atoms with Gasteiger partial charge in [-0.15, -0.1) is 26.2 Å². The van der Waals surface area contributed by atoms with Gasteiger partial charge in [0.1, 0.15) is 6.42 Å². The second-order valence-corrected chi connectivity index (χ2v) is 7.10. The Morgan fingerprint density at radius 1 is 0.560 bits per heavy atom. The Bertz CT molecular complexity index is 521. The lowest BCUT2D eigenvalue weighted by atomic mass is 10.4. The van der Waals surface area contributed by atoms with Crippen LogP contribution < -0.4 is 0 Å². The predicted octanol–water partition coefficient (Wildman–Crippen LogP) is 8.71. The molecule has 1 atom stereocenters. The van der Waals surface area contributed by atoms with Crippen LogP contribution in [0.4, 0.5) is 4.39 Å². The quantitative estimate of drug-likeness (QED) is 0.221. The molecule has 0 amide bonds. The Morgan fingerprint density at radius 3 is 0.800 bits per heavy atom. The summed E-state index contributed by atoms with van der Waals surface area (Å²) in [6.07, 6.45) is -0.333. The minimum atomic E-state index is -0.333. The molecular formula is C19H20Br4FP. The van der Waals surface area contributed by atoms with Crippen molar-refractivity contribution in [2.24, 2.45) is 0 Å². The number of alkyl halides is 1. The van der Waals surface area contributed by atoms with Crippen molar-refractivity contribution in [1.82, 2.24) is 0 Å². The molecule has 0 spiro atoms. The van der Waals surface area contributed by atoms with E-state index in [9.17, 15) is 4.39 Å². The SMILES string of the molecule is Br.Brc1ccccc1.Brc1ccccc1.Brc1ccccc1.FCP. The summed E-state index contributed by atoms with van der Waals surface area (Å²) >= 11 is 9.93. The smallest absolute Gasteiger partial charge is 0.103 e. The molecule has 0 saturated carbocycles. The summed E-state index contributed by atoms with van der Waals surface area (Å²) < 4.78 is 13.7. The second kappa shape index (κ2) is 20.3. The van der Waals surface area contributed by atoms with E-state index in [-0.39, 0.29) is 23.4 Å². The first-order valence-corrected chi connectivity index (χ1v) is 10.2. The van der Waals surface area contributed by atoms with E-state index in [0.717, 1.165) is 13.4 Å². The molecule has 136 valence electrons. The summed E-state index contributed by atoms with van der Waals surface area (Å²) in [5, 5.41) is 0. The molecule has 3 aromatic rings. The summed E-state index contributed by atoms with van der Waals surface area (Å²) in [6, 6.07) is 29.9. The first-order chi connectivity index (χ1) is 11.6. The van der Waals surface area contributed by atoms with Crippen LogP contribution in [0, 0.1) is 0 Å². The van der Waals surface area contributed by atoms with E-state index in [1.165, 1.54) is 0 Å². The van der Waals surface area contributed by atoms with Crippen molar-refractivity contribution in [2.45, 2.75) is 0 Å². The third-order valence-electron chi connectivity index (χ3n) is 2.20. The summed E-state index contributed by atoms with van der Waals surface area (Å²) in [5.41, 5.74) is 0. The number of benzene rings is 3. The molecule has 3 aromatic carbocycles.